The molecule has 1 aromatic carbocycles. The normalized spacial score (nSPS) is 22.6. The lowest BCUT2D eigenvalue weighted by Crippen LogP contribution is -2.70. The lowest BCUT2D eigenvalue weighted by Gasteiger charge is -2.49. The molecule has 2 amide bonds. The maximum absolute atomic E-state index is 15.4. The molecule has 14 heteroatoms. The van der Waals surface area contributed by atoms with Crippen molar-refractivity contribution in [2.24, 2.45) is 0 Å². The molecule has 1 aromatic heterocycles. The Morgan fingerprint density at radius 2 is 1.86 bits per heavy atom. The number of piperazine rings is 1. The molecular weight excluding hydrogens is 569 g/mol. The predicted molar refractivity (Wildman–Crippen MR) is 152 cm³/mol. The van der Waals surface area contributed by atoms with E-state index in [4.69, 9.17) is 4.74 Å². The van der Waals surface area contributed by atoms with Crippen LogP contribution in [0.5, 0.6) is 0 Å². The zero-order valence-corrected chi connectivity index (χ0v) is 23.9. The minimum atomic E-state index is -1.35. The molecule has 2 aromatic rings. The number of halogens is 1. The first kappa shape index (κ1) is 28.2. The molecule has 0 radical (unpaired) electrons. The number of benzene rings is 1. The maximum atomic E-state index is 15.4. The van der Waals surface area contributed by atoms with Gasteiger partial charge in [0.25, 0.3) is 11.8 Å². The van der Waals surface area contributed by atoms with Gasteiger partial charge in [-0.15, -0.1) is 11.8 Å². The molecule has 0 bridgehead atoms. The summed E-state index contributed by atoms with van der Waals surface area (Å²) in [5.74, 6) is -3.73. The molecule has 6 rings (SSSR count). The van der Waals surface area contributed by atoms with Gasteiger partial charge in [-0.05, 0) is 32.0 Å². The highest BCUT2D eigenvalue weighted by Gasteiger charge is 2.54. The Kier molecular flexibility index (Phi) is 7.21. The van der Waals surface area contributed by atoms with Crippen molar-refractivity contribution in [3.05, 3.63) is 51.2 Å². The number of carboxylic acid groups (broad SMARTS) is 1. The Bertz CT molecular complexity index is 1610. The molecule has 4 aliphatic rings. The van der Waals surface area contributed by atoms with Crippen LogP contribution < -0.4 is 15.6 Å². The number of β-lactam (4-membered cyclic amide) rings is 1. The predicted octanol–water partition coefficient (Wildman–Crippen LogP) is 1.14. The number of anilines is 1. The average Bonchev–Trinajstić information content (AvgIpc) is 3.80. The number of carboxylic acids is 1. The van der Waals surface area contributed by atoms with Crippen LogP contribution >= 0.6 is 11.8 Å². The zero-order valence-electron chi connectivity index (χ0n) is 23.1. The molecule has 3 aliphatic heterocycles. The number of pyridine rings is 1. The first-order valence-corrected chi connectivity index (χ1v) is 14.8. The van der Waals surface area contributed by atoms with Crippen molar-refractivity contribution < 1.29 is 33.4 Å². The third kappa shape index (κ3) is 4.91. The van der Waals surface area contributed by atoms with Crippen molar-refractivity contribution >= 4 is 52.1 Å². The van der Waals surface area contributed by atoms with Crippen LogP contribution in [0.1, 0.15) is 36.2 Å². The maximum Gasteiger partial charge on any atom is 0.352 e. The number of thioether (sulfide) groups is 1. The van der Waals surface area contributed by atoms with Crippen molar-refractivity contribution in [2.75, 3.05) is 50.5 Å². The fourth-order valence-corrected chi connectivity index (χ4v) is 6.99. The Morgan fingerprint density at radius 1 is 1.14 bits per heavy atom. The van der Waals surface area contributed by atoms with Crippen LogP contribution in [0.4, 0.5) is 10.1 Å². The largest absolute Gasteiger partial charge is 0.477 e. The minimum absolute atomic E-state index is 0.0686. The van der Waals surface area contributed by atoms with Gasteiger partial charge in [0.2, 0.25) is 5.43 Å². The Morgan fingerprint density at radius 3 is 2.50 bits per heavy atom. The van der Waals surface area contributed by atoms with Gasteiger partial charge >= 0.3 is 11.9 Å². The van der Waals surface area contributed by atoms with Gasteiger partial charge in [-0.3, -0.25) is 24.1 Å². The molecule has 0 unspecified atom stereocenters. The van der Waals surface area contributed by atoms with Crippen LogP contribution in [-0.4, -0.2) is 100 Å². The molecule has 42 heavy (non-hydrogen) atoms. The molecule has 0 spiro atoms. The average molecular weight is 600 g/mol. The number of carbonyl (C=O) groups is 4. The number of nitrogens with one attached hydrogen (secondary N) is 1. The lowest BCUT2D eigenvalue weighted by atomic mass is 10.0. The van der Waals surface area contributed by atoms with E-state index in [2.05, 4.69) is 10.2 Å². The highest BCUT2D eigenvalue weighted by Crippen LogP contribution is 2.41. The number of ether oxygens (including phenoxy) is 1. The SMILES string of the molecule is CC(=O)OCC1=C(C(=O)O)N2C(=O)[C@@H](NC(=O)c3cn(C4CC4)c4cc(N5CCN(C)CC5)c(F)cc4c3=O)[C@H]2SC1. The summed E-state index contributed by atoms with van der Waals surface area (Å²) < 4.78 is 22.2. The molecule has 222 valence electrons. The van der Waals surface area contributed by atoms with Crippen LogP contribution in [0.15, 0.2) is 34.4 Å². The summed E-state index contributed by atoms with van der Waals surface area (Å²) >= 11 is 1.22. The second kappa shape index (κ2) is 10.7. The molecular formula is C28H30FN5O7S. The third-order valence-corrected chi connectivity index (χ3v) is 9.46. The topological polar surface area (TPSA) is 141 Å². The molecule has 1 saturated carbocycles. The van der Waals surface area contributed by atoms with Gasteiger partial charge in [0, 0.05) is 62.1 Å². The first-order chi connectivity index (χ1) is 20.0. The highest BCUT2D eigenvalue weighted by molar-refractivity contribution is 8.00. The van der Waals surface area contributed by atoms with Gasteiger partial charge in [0.1, 0.15) is 35.1 Å². The van der Waals surface area contributed by atoms with Crippen molar-refractivity contribution in [3.8, 4) is 0 Å². The molecule has 2 saturated heterocycles. The Labute approximate surface area is 244 Å². The van der Waals surface area contributed by atoms with E-state index in [1.807, 2.05) is 16.5 Å². The molecule has 3 fully saturated rings. The van der Waals surface area contributed by atoms with E-state index in [1.54, 1.807) is 6.07 Å². The number of esters is 1. The second-order valence-electron chi connectivity index (χ2n) is 11.0. The van der Waals surface area contributed by atoms with Gasteiger partial charge in [-0.25, -0.2) is 9.18 Å². The second-order valence-corrected chi connectivity index (χ2v) is 12.1. The van der Waals surface area contributed by atoms with Gasteiger partial charge in [0.15, 0.2) is 0 Å². The number of nitrogens with zero attached hydrogens (tertiary/aromatic N) is 4. The van der Waals surface area contributed by atoms with Crippen LogP contribution in [0.25, 0.3) is 10.9 Å². The van der Waals surface area contributed by atoms with Crippen LogP contribution in [0, 0.1) is 5.82 Å². The monoisotopic (exact) mass is 599 g/mol. The van der Waals surface area contributed by atoms with Crippen molar-refractivity contribution in [1.29, 1.82) is 0 Å². The number of hydrogen-bond acceptors (Lipinski definition) is 9. The number of carbonyl (C=O) groups excluding carboxylic acids is 3. The summed E-state index contributed by atoms with van der Waals surface area (Å²) in [7, 11) is 2.01. The summed E-state index contributed by atoms with van der Waals surface area (Å²) in [5.41, 5.74) is 0.127. The van der Waals surface area contributed by atoms with E-state index in [-0.39, 0.29) is 40.6 Å². The molecule has 2 N–H and O–H groups in total. The van der Waals surface area contributed by atoms with E-state index >= 15 is 4.39 Å². The van der Waals surface area contributed by atoms with E-state index in [0.717, 1.165) is 30.8 Å². The summed E-state index contributed by atoms with van der Waals surface area (Å²) in [4.78, 5) is 68.4. The van der Waals surface area contributed by atoms with Crippen LogP contribution in [0.2, 0.25) is 0 Å². The number of aromatic nitrogens is 1. The smallest absolute Gasteiger partial charge is 0.352 e. The van der Waals surface area contributed by atoms with Crippen molar-refractivity contribution in [3.63, 3.8) is 0 Å². The Hall–Kier alpha value is -3.91. The Balaban J connectivity index is 1.28. The fraction of sp³-hybridized carbons (Fsp3) is 0.464. The highest BCUT2D eigenvalue weighted by atomic mass is 32.2. The number of amides is 2. The van der Waals surface area contributed by atoms with E-state index in [0.29, 0.717) is 24.3 Å². The first-order valence-electron chi connectivity index (χ1n) is 13.7. The van der Waals surface area contributed by atoms with E-state index < -0.39 is 46.4 Å². The number of aliphatic carboxylic acids is 1. The van der Waals surface area contributed by atoms with Crippen LogP contribution in [0.3, 0.4) is 0 Å². The van der Waals surface area contributed by atoms with E-state index in [1.165, 1.54) is 30.9 Å². The van der Waals surface area contributed by atoms with Gasteiger partial charge < -0.3 is 29.5 Å². The summed E-state index contributed by atoms with van der Waals surface area (Å²) in [6.45, 7) is 3.83. The number of rotatable bonds is 7. The summed E-state index contributed by atoms with van der Waals surface area (Å²) in [5, 5.41) is 11.7. The molecule has 2 atom stereocenters. The fourth-order valence-electron chi connectivity index (χ4n) is 5.67. The summed E-state index contributed by atoms with van der Waals surface area (Å²) in [6.07, 6.45) is 3.20. The van der Waals surface area contributed by atoms with Crippen molar-refractivity contribution in [2.45, 2.75) is 37.2 Å². The van der Waals surface area contributed by atoms with Crippen molar-refractivity contribution in [1.82, 2.24) is 19.7 Å². The van der Waals surface area contributed by atoms with Gasteiger partial charge in [-0.1, -0.05) is 0 Å². The lowest BCUT2D eigenvalue weighted by molar-refractivity contribution is -0.149. The number of fused-ring (bicyclic) bond motifs is 2. The minimum Gasteiger partial charge on any atom is -0.477 e. The quantitative estimate of drug-likeness (QED) is 0.352. The molecule has 12 nitrogen and oxygen atoms in total. The van der Waals surface area contributed by atoms with E-state index in [9.17, 15) is 29.1 Å². The number of hydrogen-bond donors (Lipinski definition) is 2. The molecule has 4 heterocycles. The van der Waals surface area contributed by atoms with Gasteiger partial charge in [-0.2, -0.15) is 0 Å². The van der Waals surface area contributed by atoms with Crippen LogP contribution in [-0.2, 0) is 19.1 Å². The molecule has 1 aliphatic carbocycles. The zero-order chi connectivity index (χ0) is 29.9. The standard InChI is InChI=1S/C28H30FN5O7S/c1-14(35)41-12-15-13-42-27-22(26(38)34(27)23(15)28(39)40)30-25(37)18-11-33(16-3-4-16)20-10-21(19(29)9-17(20)24(18)36)32-7-5-31(2)6-8-32/h9-11,16,22,27H,3-8,12-13H2,1-2H3,(H,30,37)(H,39,40)/t22-,27-/m1/s1. The third-order valence-electron chi connectivity index (χ3n) is 8.12. The van der Waals surface area contributed by atoms with Gasteiger partial charge in [0.05, 0.1) is 11.2 Å². The summed E-state index contributed by atoms with van der Waals surface area (Å²) in [6, 6.07) is 1.89. The number of likely N-dealkylation sites (N-methyl/N-ethyl adjacent to an activating group) is 1.